The van der Waals surface area contributed by atoms with E-state index in [-0.39, 0.29) is 11.8 Å². The van der Waals surface area contributed by atoms with Crippen molar-refractivity contribution in [2.24, 2.45) is 0 Å². The van der Waals surface area contributed by atoms with Gasteiger partial charge in [-0.2, -0.15) is 0 Å². The molecule has 1 aromatic rings. The molecule has 5 nitrogen and oxygen atoms in total. The molecular weight excluding hydrogens is 226 g/mol. The summed E-state index contributed by atoms with van der Waals surface area (Å²) < 4.78 is 25.2. The summed E-state index contributed by atoms with van der Waals surface area (Å²) in [6, 6.07) is 0.183. The third-order valence-electron chi connectivity index (χ3n) is 2.43. The third kappa shape index (κ3) is 2.75. The number of nitrogen functional groups attached to an aromatic ring is 1. The Bertz CT molecular complexity index is 460. The summed E-state index contributed by atoms with van der Waals surface area (Å²) in [5.41, 5.74) is 6.21. The van der Waals surface area contributed by atoms with Crippen LogP contribution in [-0.4, -0.2) is 23.2 Å². The lowest BCUT2D eigenvalue weighted by Crippen LogP contribution is -2.16. The Kier molecular flexibility index (Phi) is 3.62. The Morgan fingerprint density at radius 1 is 1.38 bits per heavy atom. The van der Waals surface area contributed by atoms with Crippen LogP contribution >= 0.6 is 0 Å². The van der Waals surface area contributed by atoms with E-state index < -0.39 is 15.1 Å². The first-order chi connectivity index (χ1) is 7.24. The summed E-state index contributed by atoms with van der Waals surface area (Å²) >= 11 is 0. The van der Waals surface area contributed by atoms with Crippen molar-refractivity contribution in [3.8, 4) is 0 Å². The number of rotatable bonds is 4. The third-order valence-corrected chi connectivity index (χ3v) is 4.57. The van der Waals surface area contributed by atoms with Gasteiger partial charge in [-0.3, -0.25) is 0 Å². The van der Waals surface area contributed by atoms with E-state index in [2.05, 4.69) is 4.98 Å². The minimum atomic E-state index is -3.11. The molecule has 0 saturated carbocycles. The standard InChI is InChI=1S/C10H19N3O2S/c1-7(2)13-5-9(12-10(13)11)6-16(14,15)8(3)4/h5,7-8H,6H2,1-4H3,(H2,11,12). The number of imidazole rings is 1. The van der Waals surface area contributed by atoms with E-state index in [1.807, 2.05) is 13.8 Å². The van der Waals surface area contributed by atoms with E-state index >= 15 is 0 Å². The number of hydrogen-bond acceptors (Lipinski definition) is 4. The molecule has 0 radical (unpaired) electrons. The van der Waals surface area contributed by atoms with Gasteiger partial charge in [-0.15, -0.1) is 0 Å². The molecule has 0 saturated heterocycles. The van der Waals surface area contributed by atoms with Gasteiger partial charge in [0.2, 0.25) is 5.95 Å². The van der Waals surface area contributed by atoms with Gasteiger partial charge in [0, 0.05) is 12.2 Å². The maximum Gasteiger partial charge on any atom is 0.200 e. The number of nitrogens with zero attached hydrogens (tertiary/aromatic N) is 2. The Labute approximate surface area is 96.6 Å². The summed E-state index contributed by atoms with van der Waals surface area (Å²) in [6.45, 7) is 7.27. The largest absolute Gasteiger partial charge is 0.369 e. The smallest absolute Gasteiger partial charge is 0.200 e. The normalized spacial score (nSPS) is 12.6. The Balaban J connectivity index is 2.96. The number of anilines is 1. The number of sulfone groups is 1. The van der Waals surface area contributed by atoms with E-state index in [1.54, 1.807) is 24.6 Å². The van der Waals surface area contributed by atoms with Crippen molar-refractivity contribution < 1.29 is 8.42 Å². The fourth-order valence-corrected chi connectivity index (χ4v) is 2.20. The molecule has 6 heteroatoms. The molecule has 0 atom stereocenters. The van der Waals surface area contributed by atoms with Gasteiger partial charge in [-0.1, -0.05) is 0 Å². The predicted octanol–water partition coefficient (Wildman–Crippen LogP) is 1.37. The Morgan fingerprint density at radius 2 is 1.94 bits per heavy atom. The number of hydrogen-bond donors (Lipinski definition) is 1. The zero-order chi connectivity index (χ0) is 12.5. The van der Waals surface area contributed by atoms with Crippen LogP contribution in [0.5, 0.6) is 0 Å². The average Bonchev–Trinajstić information content (AvgIpc) is 2.45. The highest BCUT2D eigenvalue weighted by Gasteiger charge is 2.19. The Morgan fingerprint density at radius 3 is 2.31 bits per heavy atom. The minimum Gasteiger partial charge on any atom is -0.369 e. The van der Waals surface area contributed by atoms with Crippen molar-refractivity contribution in [1.82, 2.24) is 9.55 Å². The fraction of sp³-hybridized carbons (Fsp3) is 0.700. The summed E-state index contributed by atoms with van der Waals surface area (Å²) in [4.78, 5) is 4.06. The molecule has 0 fully saturated rings. The van der Waals surface area contributed by atoms with Crippen molar-refractivity contribution in [2.45, 2.75) is 44.7 Å². The monoisotopic (exact) mass is 245 g/mol. The van der Waals surface area contributed by atoms with Gasteiger partial charge in [0.05, 0.1) is 16.7 Å². The SMILES string of the molecule is CC(C)n1cc(CS(=O)(=O)C(C)C)nc1N. The van der Waals surface area contributed by atoms with Crippen LogP contribution in [0.25, 0.3) is 0 Å². The highest BCUT2D eigenvalue weighted by atomic mass is 32.2. The molecule has 0 aliphatic rings. The average molecular weight is 245 g/mol. The quantitative estimate of drug-likeness (QED) is 0.869. The van der Waals surface area contributed by atoms with Crippen LogP contribution in [0.1, 0.15) is 39.4 Å². The molecule has 92 valence electrons. The van der Waals surface area contributed by atoms with E-state index in [0.717, 1.165) is 0 Å². The van der Waals surface area contributed by atoms with Crippen LogP contribution in [-0.2, 0) is 15.6 Å². The molecular formula is C10H19N3O2S. The molecule has 0 aliphatic heterocycles. The predicted molar refractivity (Wildman–Crippen MR) is 64.8 cm³/mol. The van der Waals surface area contributed by atoms with Crippen LogP contribution < -0.4 is 5.73 Å². The highest BCUT2D eigenvalue weighted by Crippen LogP contribution is 2.16. The van der Waals surface area contributed by atoms with Crippen LogP contribution in [0.3, 0.4) is 0 Å². The second kappa shape index (κ2) is 4.45. The van der Waals surface area contributed by atoms with Crippen molar-refractivity contribution in [2.75, 3.05) is 5.73 Å². The van der Waals surface area contributed by atoms with E-state index in [0.29, 0.717) is 11.6 Å². The minimum absolute atomic E-state index is 0.0470. The highest BCUT2D eigenvalue weighted by molar-refractivity contribution is 7.91. The lowest BCUT2D eigenvalue weighted by atomic mass is 10.4. The van der Waals surface area contributed by atoms with Gasteiger partial charge in [-0.25, -0.2) is 13.4 Å². The topological polar surface area (TPSA) is 78.0 Å². The summed E-state index contributed by atoms with van der Waals surface area (Å²) in [5, 5.41) is -0.391. The molecule has 2 N–H and O–H groups in total. The Hall–Kier alpha value is -1.04. The summed E-state index contributed by atoms with van der Waals surface area (Å²) in [7, 11) is -3.11. The van der Waals surface area contributed by atoms with Crippen LogP contribution in [0.4, 0.5) is 5.95 Å². The fourth-order valence-electron chi connectivity index (χ4n) is 1.32. The summed E-state index contributed by atoms with van der Waals surface area (Å²) in [6.07, 6.45) is 1.71. The van der Waals surface area contributed by atoms with E-state index in [1.165, 1.54) is 0 Å². The first-order valence-corrected chi connectivity index (χ1v) is 7.00. The van der Waals surface area contributed by atoms with Gasteiger partial charge in [0.15, 0.2) is 9.84 Å². The maximum absolute atomic E-state index is 11.7. The molecule has 16 heavy (non-hydrogen) atoms. The van der Waals surface area contributed by atoms with Crippen molar-refractivity contribution in [1.29, 1.82) is 0 Å². The second-order valence-electron chi connectivity index (χ2n) is 4.45. The van der Waals surface area contributed by atoms with Crippen LogP contribution in [0.15, 0.2) is 6.20 Å². The molecule has 0 aromatic carbocycles. The number of nitrogens with two attached hydrogens (primary N) is 1. The lowest BCUT2D eigenvalue weighted by molar-refractivity contribution is 0.585. The van der Waals surface area contributed by atoms with Crippen LogP contribution in [0, 0.1) is 0 Å². The van der Waals surface area contributed by atoms with Crippen LogP contribution in [0.2, 0.25) is 0 Å². The molecule has 1 rings (SSSR count). The molecule has 1 heterocycles. The molecule has 0 bridgehead atoms. The van der Waals surface area contributed by atoms with Gasteiger partial charge in [0.1, 0.15) is 0 Å². The van der Waals surface area contributed by atoms with Crippen molar-refractivity contribution in [3.63, 3.8) is 0 Å². The van der Waals surface area contributed by atoms with E-state index in [9.17, 15) is 8.42 Å². The second-order valence-corrected chi connectivity index (χ2v) is 7.00. The molecule has 1 aromatic heterocycles. The number of aromatic nitrogens is 2. The van der Waals surface area contributed by atoms with Crippen molar-refractivity contribution >= 4 is 15.8 Å². The first kappa shape index (κ1) is 13.0. The van der Waals surface area contributed by atoms with Crippen molar-refractivity contribution in [3.05, 3.63) is 11.9 Å². The first-order valence-electron chi connectivity index (χ1n) is 5.29. The molecule has 0 unspecified atom stereocenters. The zero-order valence-electron chi connectivity index (χ0n) is 10.1. The van der Waals surface area contributed by atoms with E-state index in [4.69, 9.17) is 5.73 Å². The van der Waals surface area contributed by atoms with Gasteiger partial charge in [0.25, 0.3) is 0 Å². The molecule has 0 amide bonds. The summed E-state index contributed by atoms with van der Waals surface area (Å²) in [5.74, 6) is 0.318. The zero-order valence-corrected chi connectivity index (χ0v) is 11.0. The molecule has 0 aliphatic carbocycles. The van der Waals surface area contributed by atoms with Gasteiger partial charge >= 0.3 is 0 Å². The maximum atomic E-state index is 11.7. The molecule has 0 spiro atoms. The van der Waals surface area contributed by atoms with Gasteiger partial charge in [-0.05, 0) is 27.7 Å². The van der Waals surface area contributed by atoms with Gasteiger partial charge < -0.3 is 10.3 Å². The lowest BCUT2D eigenvalue weighted by Gasteiger charge is -2.07.